The monoisotopic (exact) mass is 293 g/mol. The molecule has 0 aliphatic rings. The van der Waals surface area contributed by atoms with Crippen molar-refractivity contribution >= 4 is 23.2 Å². The molecule has 1 rings (SSSR count). The Morgan fingerprint density at radius 2 is 2.30 bits per heavy atom. The third-order valence-corrected chi connectivity index (χ3v) is 3.00. The van der Waals surface area contributed by atoms with Gasteiger partial charge in [0.2, 0.25) is 0 Å². The van der Waals surface area contributed by atoms with Gasteiger partial charge in [0, 0.05) is 30.5 Å². The van der Waals surface area contributed by atoms with Gasteiger partial charge in [0.25, 0.3) is 5.91 Å². The maximum absolute atomic E-state index is 11.9. The number of rotatable bonds is 5. The Labute approximate surface area is 123 Å². The summed E-state index contributed by atoms with van der Waals surface area (Å²) in [4.78, 5) is 13.5. The number of aliphatic hydroxyl groups is 1. The molecule has 0 heterocycles. The summed E-state index contributed by atoms with van der Waals surface area (Å²) in [6, 6.07) is 6.95. The van der Waals surface area contributed by atoms with Crippen molar-refractivity contribution in [2.45, 2.75) is 6.92 Å². The first-order valence-corrected chi connectivity index (χ1v) is 6.36. The zero-order chi connectivity index (χ0) is 15.1. The fourth-order valence-electron chi connectivity index (χ4n) is 1.45. The maximum Gasteiger partial charge on any atom is 0.267 e. The fraction of sp³-hybridized carbons (Fsp3) is 0.286. The van der Waals surface area contributed by atoms with Gasteiger partial charge in [-0.2, -0.15) is 5.26 Å². The largest absolute Gasteiger partial charge is 0.395 e. The molecule has 0 saturated heterocycles. The third kappa shape index (κ3) is 4.57. The molecule has 5 nitrogen and oxygen atoms in total. The number of aliphatic hydroxyl groups excluding tert-OH is 1. The molecule has 0 fully saturated rings. The maximum atomic E-state index is 11.9. The molecule has 0 aliphatic heterocycles. The standard InChI is InChI=1S/C14H16ClN3O2/c1-10-3-4-12(7-13(10)15)17-14(20)11(8-16)9-18(2)5-6-19/h3-4,7,9,19H,5-6H2,1-2H3,(H,17,20)/b11-9-. The van der Waals surface area contributed by atoms with Crippen molar-refractivity contribution in [3.63, 3.8) is 0 Å². The first-order valence-electron chi connectivity index (χ1n) is 5.98. The number of nitrogens with zero attached hydrogens (tertiary/aromatic N) is 2. The molecular formula is C14H16ClN3O2. The number of amides is 1. The van der Waals surface area contributed by atoms with Crippen LogP contribution < -0.4 is 5.32 Å². The number of anilines is 1. The zero-order valence-corrected chi connectivity index (χ0v) is 12.1. The Balaban J connectivity index is 2.82. The van der Waals surface area contributed by atoms with Crippen LogP contribution in [0.4, 0.5) is 5.69 Å². The van der Waals surface area contributed by atoms with Crippen LogP contribution in [0.5, 0.6) is 0 Å². The minimum atomic E-state index is -0.516. The van der Waals surface area contributed by atoms with Crippen molar-refractivity contribution in [2.24, 2.45) is 0 Å². The van der Waals surface area contributed by atoms with E-state index in [2.05, 4.69) is 5.32 Å². The minimum absolute atomic E-state index is 0.0438. The van der Waals surface area contributed by atoms with Crippen molar-refractivity contribution in [1.29, 1.82) is 5.26 Å². The number of nitrogens with one attached hydrogen (secondary N) is 1. The molecule has 106 valence electrons. The topological polar surface area (TPSA) is 76.4 Å². The Hall–Kier alpha value is -2.03. The van der Waals surface area contributed by atoms with Crippen LogP contribution >= 0.6 is 11.6 Å². The highest BCUT2D eigenvalue weighted by Crippen LogP contribution is 2.20. The van der Waals surface area contributed by atoms with Crippen molar-refractivity contribution in [2.75, 3.05) is 25.5 Å². The number of aryl methyl sites for hydroxylation is 1. The molecule has 0 unspecified atom stereocenters. The van der Waals surface area contributed by atoms with Gasteiger partial charge in [0.1, 0.15) is 11.6 Å². The van der Waals surface area contributed by atoms with Crippen LogP contribution in [0.3, 0.4) is 0 Å². The fourth-order valence-corrected chi connectivity index (χ4v) is 1.63. The summed E-state index contributed by atoms with van der Waals surface area (Å²) in [5.74, 6) is -0.516. The lowest BCUT2D eigenvalue weighted by molar-refractivity contribution is -0.112. The van der Waals surface area contributed by atoms with E-state index in [0.29, 0.717) is 17.3 Å². The van der Waals surface area contributed by atoms with E-state index in [-0.39, 0.29) is 12.2 Å². The van der Waals surface area contributed by atoms with E-state index in [1.165, 1.54) is 6.20 Å². The van der Waals surface area contributed by atoms with E-state index in [4.69, 9.17) is 22.0 Å². The van der Waals surface area contributed by atoms with Gasteiger partial charge in [0.05, 0.1) is 6.61 Å². The second-order valence-corrected chi connectivity index (χ2v) is 4.68. The summed E-state index contributed by atoms with van der Waals surface area (Å²) in [5, 5.41) is 20.9. The van der Waals surface area contributed by atoms with Gasteiger partial charge in [-0.15, -0.1) is 0 Å². The average Bonchev–Trinajstić information content (AvgIpc) is 2.40. The van der Waals surface area contributed by atoms with E-state index in [9.17, 15) is 4.79 Å². The third-order valence-electron chi connectivity index (χ3n) is 2.60. The zero-order valence-electron chi connectivity index (χ0n) is 11.4. The molecule has 1 aromatic rings. The lowest BCUT2D eigenvalue weighted by Crippen LogP contribution is -2.20. The van der Waals surface area contributed by atoms with Crippen LogP contribution in [0.25, 0.3) is 0 Å². The van der Waals surface area contributed by atoms with Crippen molar-refractivity contribution in [3.8, 4) is 6.07 Å². The summed E-state index contributed by atoms with van der Waals surface area (Å²) in [6.07, 6.45) is 1.39. The Morgan fingerprint density at radius 3 is 2.85 bits per heavy atom. The van der Waals surface area contributed by atoms with Crippen LogP contribution in [-0.2, 0) is 4.79 Å². The summed E-state index contributed by atoms with van der Waals surface area (Å²) < 4.78 is 0. The summed E-state index contributed by atoms with van der Waals surface area (Å²) in [7, 11) is 1.67. The lowest BCUT2D eigenvalue weighted by Gasteiger charge is -2.12. The molecule has 0 aromatic heterocycles. The first kappa shape index (κ1) is 16.0. The molecule has 0 bridgehead atoms. The predicted octanol–water partition coefficient (Wildman–Crippen LogP) is 1.92. The van der Waals surface area contributed by atoms with E-state index in [1.807, 2.05) is 13.0 Å². The highest BCUT2D eigenvalue weighted by atomic mass is 35.5. The number of hydrogen-bond acceptors (Lipinski definition) is 4. The molecule has 0 aliphatic carbocycles. The minimum Gasteiger partial charge on any atom is -0.395 e. The number of nitriles is 1. The molecule has 0 spiro atoms. The number of hydrogen-bond donors (Lipinski definition) is 2. The number of likely N-dealkylation sites (N-methyl/N-ethyl adjacent to an activating group) is 1. The summed E-state index contributed by atoms with van der Waals surface area (Å²) >= 11 is 5.97. The van der Waals surface area contributed by atoms with E-state index in [1.54, 1.807) is 30.1 Å². The highest BCUT2D eigenvalue weighted by Gasteiger charge is 2.10. The van der Waals surface area contributed by atoms with Gasteiger partial charge in [-0.3, -0.25) is 4.79 Å². The van der Waals surface area contributed by atoms with Crippen LogP contribution in [0.2, 0.25) is 5.02 Å². The van der Waals surface area contributed by atoms with Gasteiger partial charge in [-0.25, -0.2) is 0 Å². The Morgan fingerprint density at radius 1 is 1.60 bits per heavy atom. The smallest absolute Gasteiger partial charge is 0.267 e. The van der Waals surface area contributed by atoms with Crippen molar-refractivity contribution in [1.82, 2.24) is 4.90 Å². The molecule has 20 heavy (non-hydrogen) atoms. The van der Waals surface area contributed by atoms with Gasteiger partial charge in [0.15, 0.2) is 0 Å². The van der Waals surface area contributed by atoms with Gasteiger partial charge in [-0.05, 0) is 24.6 Å². The summed E-state index contributed by atoms with van der Waals surface area (Å²) in [5.41, 5.74) is 1.39. The molecule has 1 amide bonds. The van der Waals surface area contributed by atoms with Crippen LogP contribution in [0.1, 0.15) is 5.56 Å². The lowest BCUT2D eigenvalue weighted by atomic mass is 10.2. The number of carbonyl (C=O) groups excluding carboxylic acids is 1. The van der Waals surface area contributed by atoms with Crippen LogP contribution in [0.15, 0.2) is 30.0 Å². The molecular weight excluding hydrogens is 278 g/mol. The second kappa shape index (κ2) is 7.53. The molecule has 1 aromatic carbocycles. The normalized spacial score (nSPS) is 10.8. The Kier molecular flexibility index (Phi) is 6.04. The van der Waals surface area contributed by atoms with Crippen LogP contribution in [0, 0.1) is 18.3 Å². The number of halogens is 1. The van der Waals surface area contributed by atoms with Gasteiger partial charge >= 0.3 is 0 Å². The molecule has 0 atom stereocenters. The van der Waals surface area contributed by atoms with E-state index >= 15 is 0 Å². The molecule has 6 heteroatoms. The van der Waals surface area contributed by atoms with Crippen LogP contribution in [-0.4, -0.2) is 36.1 Å². The number of carbonyl (C=O) groups is 1. The first-order chi connectivity index (χ1) is 9.47. The van der Waals surface area contributed by atoms with Crippen molar-refractivity contribution < 1.29 is 9.90 Å². The van der Waals surface area contributed by atoms with Crippen molar-refractivity contribution in [3.05, 3.63) is 40.6 Å². The van der Waals surface area contributed by atoms with Gasteiger partial charge in [-0.1, -0.05) is 17.7 Å². The second-order valence-electron chi connectivity index (χ2n) is 4.28. The van der Waals surface area contributed by atoms with Gasteiger partial charge < -0.3 is 15.3 Å². The summed E-state index contributed by atoms with van der Waals surface area (Å²) in [6.45, 7) is 2.15. The molecule has 2 N–H and O–H groups in total. The molecule has 0 saturated carbocycles. The predicted molar refractivity (Wildman–Crippen MR) is 78.2 cm³/mol. The number of benzene rings is 1. The molecule has 0 radical (unpaired) electrons. The highest BCUT2D eigenvalue weighted by molar-refractivity contribution is 6.31. The average molecular weight is 294 g/mol. The quantitative estimate of drug-likeness (QED) is 0.642. The SMILES string of the molecule is Cc1ccc(NC(=O)/C(C#N)=C\N(C)CCO)cc1Cl. The van der Waals surface area contributed by atoms with E-state index < -0.39 is 5.91 Å². The Bertz CT molecular complexity index is 564. The van der Waals surface area contributed by atoms with E-state index in [0.717, 1.165) is 5.56 Å².